The molecule has 0 atom stereocenters. The summed E-state index contributed by atoms with van der Waals surface area (Å²) in [5.41, 5.74) is 8.37. The Morgan fingerprint density at radius 3 is 2.55 bits per heavy atom. The summed E-state index contributed by atoms with van der Waals surface area (Å²) in [6.07, 6.45) is 0.364. The van der Waals surface area contributed by atoms with Crippen molar-refractivity contribution in [1.82, 2.24) is 0 Å². The van der Waals surface area contributed by atoms with E-state index in [1.165, 1.54) is 0 Å². The molecule has 0 aliphatic heterocycles. The number of ketones is 1. The van der Waals surface area contributed by atoms with Crippen molar-refractivity contribution in [3.8, 4) is 5.75 Å². The minimum absolute atomic E-state index is 0.0763. The van der Waals surface area contributed by atoms with Crippen LogP contribution >= 0.6 is 0 Å². The molecule has 2 aromatic rings. The first-order chi connectivity index (χ1) is 9.74. The van der Waals surface area contributed by atoms with E-state index < -0.39 is 0 Å². The van der Waals surface area contributed by atoms with E-state index in [0.717, 1.165) is 16.9 Å². The summed E-state index contributed by atoms with van der Waals surface area (Å²) in [6, 6.07) is 15.1. The zero-order chi connectivity index (χ0) is 14.4. The Kier molecular flexibility index (Phi) is 4.91. The third-order valence-electron chi connectivity index (χ3n) is 3.16. The highest BCUT2D eigenvalue weighted by molar-refractivity contribution is 5.98. The number of ether oxygens (including phenoxy) is 1. The largest absolute Gasteiger partial charge is 0.494 e. The molecule has 0 saturated heterocycles. The van der Waals surface area contributed by atoms with Gasteiger partial charge in [-0.2, -0.15) is 0 Å². The molecule has 0 bridgehead atoms. The second-order valence-corrected chi connectivity index (χ2v) is 4.53. The summed E-state index contributed by atoms with van der Waals surface area (Å²) < 4.78 is 5.42. The highest BCUT2D eigenvalue weighted by atomic mass is 16.5. The topological polar surface area (TPSA) is 52.3 Å². The number of Topliss-reactive ketones (excluding diaryl/α,β-unsaturated/α-hetero) is 1. The Bertz CT molecular complexity index is 593. The Hall–Kier alpha value is -2.13. The molecule has 0 aliphatic rings. The normalized spacial score (nSPS) is 10.3. The standard InChI is InChI=1S/C17H19NO2/c1-2-20-16-9-5-8-14(10-16)17(19)11-13-6-3-4-7-15(13)12-18/h3-10H,2,11-12,18H2,1H3. The maximum Gasteiger partial charge on any atom is 0.167 e. The molecule has 0 saturated carbocycles. The van der Waals surface area contributed by atoms with Crippen LogP contribution in [-0.4, -0.2) is 12.4 Å². The number of benzene rings is 2. The summed E-state index contributed by atoms with van der Waals surface area (Å²) in [4.78, 5) is 12.3. The van der Waals surface area contributed by atoms with Crippen LogP contribution in [-0.2, 0) is 13.0 Å². The first-order valence-corrected chi connectivity index (χ1v) is 6.77. The van der Waals surface area contributed by atoms with Crippen molar-refractivity contribution >= 4 is 5.78 Å². The van der Waals surface area contributed by atoms with E-state index in [-0.39, 0.29) is 5.78 Å². The average Bonchev–Trinajstić information content (AvgIpc) is 2.48. The van der Waals surface area contributed by atoms with E-state index >= 15 is 0 Å². The van der Waals surface area contributed by atoms with Gasteiger partial charge < -0.3 is 10.5 Å². The molecule has 3 heteroatoms. The first kappa shape index (κ1) is 14.3. The molecular formula is C17H19NO2. The molecule has 0 heterocycles. The Morgan fingerprint density at radius 1 is 1.10 bits per heavy atom. The van der Waals surface area contributed by atoms with Crippen LogP contribution in [0.2, 0.25) is 0 Å². The van der Waals surface area contributed by atoms with Crippen LogP contribution in [0.4, 0.5) is 0 Å². The summed E-state index contributed by atoms with van der Waals surface area (Å²) in [5, 5.41) is 0. The zero-order valence-electron chi connectivity index (χ0n) is 11.6. The molecule has 0 unspecified atom stereocenters. The van der Waals surface area contributed by atoms with E-state index in [0.29, 0.717) is 25.1 Å². The van der Waals surface area contributed by atoms with E-state index in [4.69, 9.17) is 10.5 Å². The van der Waals surface area contributed by atoms with Crippen molar-refractivity contribution in [1.29, 1.82) is 0 Å². The van der Waals surface area contributed by atoms with Crippen LogP contribution in [0.3, 0.4) is 0 Å². The second kappa shape index (κ2) is 6.87. The number of carbonyl (C=O) groups excluding carboxylic acids is 1. The predicted octanol–water partition coefficient (Wildman–Crippen LogP) is 2.97. The molecule has 0 amide bonds. The smallest absolute Gasteiger partial charge is 0.167 e. The summed E-state index contributed by atoms with van der Waals surface area (Å²) >= 11 is 0. The van der Waals surface area contributed by atoms with Crippen molar-refractivity contribution in [3.63, 3.8) is 0 Å². The molecule has 20 heavy (non-hydrogen) atoms. The van der Waals surface area contributed by atoms with E-state index in [9.17, 15) is 4.79 Å². The molecule has 3 nitrogen and oxygen atoms in total. The summed E-state index contributed by atoms with van der Waals surface area (Å²) in [7, 11) is 0. The van der Waals surface area contributed by atoms with Crippen LogP contribution in [0.1, 0.15) is 28.4 Å². The summed E-state index contributed by atoms with van der Waals surface area (Å²) in [5.74, 6) is 0.804. The molecule has 2 rings (SSSR count). The number of rotatable bonds is 6. The Labute approximate surface area is 119 Å². The van der Waals surface area contributed by atoms with Gasteiger partial charge in [-0.3, -0.25) is 4.79 Å². The quantitative estimate of drug-likeness (QED) is 0.820. The minimum Gasteiger partial charge on any atom is -0.494 e. The number of nitrogens with two attached hydrogens (primary N) is 1. The lowest BCUT2D eigenvalue weighted by molar-refractivity contribution is 0.0992. The van der Waals surface area contributed by atoms with Crippen LogP contribution in [0.15, 0.2) is 48.5 Å². The monoisotopic (exact) mass is 269 g/mol. The number of hydrogen-bond acceptors (Lipinski definition) is 3. The SMILES string of the molecule is CCOc1cccc(C(=O)Cc2ccccc2CN)c1. The molecule has 2 aromatic carbocycles. The highest BCUT2D eigenvalue weighted by Crippen LogP contribution is 2.17. The van der Waals surface area contributed by atoms with Gasteiger partial charge in [0.25, 0.3) is 0 Å². The first-order valence-electron chi connectivity index (χ1n) is 6.77. The van der Waals surface area contributed by atoms with Crippen LogP contribution in [0.25, 0.3) is 0 Å². The molecule has 2 N–H and O–H groups in total. The van der Waals surface area contributed by atoms with Crippen molar-refractivity contribution < 1.29 is 9.53 Å². The lowest BCUT2D eigenvalue weighted by Crippen LogP contribution is -2.08. The van der Waals surface area contributed by atoms with Crippen molar-refractivity contribution in [3.05, 3.63) is 65.2 Å². The zero-order valence-corrected chi connectivity index (χ0v) is 11.6. The minimum atomic E-state index is 0.0763. The molecule has 0 fully saturated rings. The van der Waals surface area contributed by atoms with Gasteiger partial charge in [-0.05, 0) is 30.2 Å². The van der Waals surface area contributed by atoms with E-state index in [1.807, 2.05) is 49.4 Å². The fourth-order valence-electron chi connectivity index (χ4n) is 2.13. The molecular weight excluding hydrogens is 250 g/mol. The fraction of sp³-hybridized carbons (Fsp3) is 0.235. The van der Waals surface area contributed by atoms with Crippen LogP contribution < -0.4 is 10.5 Å². The van der Waals surface area contributed by atoms with Crippen molar-refractivity contribution in [2.75, 3.05) is 6.61 Å². The Balaban J connectivity index is 2.17. The maximum absolute atomic E-state index is 12.3. The van der Waals surface area contributed by atoms with Gasteiger partial charge in [0.2, 0.25) is 0 Å². The lowest BCUT2D eigenvalue weighted by atomic mass is 9.99. The van der Waals surface area contributed by atoms with Gasteiger partial charge in [0.05, 0.1) is 6.61 Å². The van der Waals surface area contributed by atoms with Crippen LogP contribution in [0.5, 0.6) is 5.75 Å². The third-order valence-corrected chi connectivity index (χ3v) is 3.16. The second-order valence-electron chi connectivity index (χ2n) is 4.53. The summed E-state index contributed by atoms with van der Waals surface area (Å²) in [6.45, 7) is 2.96. The van der Waals surface area contributed by atoms with Gasteiger partial charge in [-0.15, -0.1) is 0 Å². The molecule has 0 aromatic heterocycles. The maximum atomic E-state index is 12.3. The Morgan fingerprint density at radius 2 is 1.85 bits per heavy atom. The van der Waals surface area contributed by atoms with Gasteiger partial charge in [0, 0.05) is 18.5 Å². The van der Waals surface area contributed by atoms with Crippen molar-refractivity contribution in [2.24, 2.45) is 5.73 Å². The van der Waals surface area contributed by atoms with E-state index in [2.05, 4.69) is 0 Å². The van der Waals surface area contributed by atoms with Gasteiger partial charge in [-0.1, -0.05) is 36.4 Å². The van der Waals surface area contributed by atoms with Gasteiger partial charge in [0.15, 0.2) is 5.78 Å². The number of hydrogen-bond donors (Lipinski definition) is 1. The molecule has 104 valence electrons. The lowest BCUT2D eigenvalue weighted by Gasteiger charge is -2.08. The van der Waals surface area contributed by atoms with Gasteiger partial charge in [-0.25, -0.2) is 0 Å². The molecule has 0 aliphatic carbocycles. The van der Waals surface area contributed by atoms with E-state index in [1.54, 1.807) is 6.07 Å². The fourth-order valence-corrected chi connectivity index (χ4v) is 2.13. The predicted molar refractivity (Wildman–Crippen MR) is 80.0 cm³/mol. The highest BCUT2D eigenvalue weighted by Gasteiger charge is 2.10. The van der Waals surface area contributed by atoms with Crippen LogP contribution in [0, 0.1) is 0 Å². The third kappa shape index (κ3) is 3.45. The van der Waals surface area contributed by atoms with Crippen molar-refractivity contribution in [2.45, 2.75) is 19.9 Å². The average molecular weight is 269 g/mol. The molecule has 0 radical (unpaired) electrons. The van der Waals surface area contributed by atoms with Gasteiger partial charge in [0.1, 0.15) is 5.75 Å². The number of carbonyl (C=O) groups is 1. The van der Waals surface area contributed by atoms with Gasteiger partial charge >= 0.3 is 0 Å². The molecule has 0 spiro atoms.